The Hall–Kier alpha value is -2.75. The lowest BCUT2D eigenvalue weighted by Crippen LogP contribution is -2.51. The molecular formula is C16H17BrN2O7. The molecule has 1 aromatic carbocycles. The van der Waals surface area contributed by atoms with E-state index in [-0.39, 0.29) is 17.2 Å². The Balaban J connectivity index is 2.47. The third-order valence-electron chi connectivity index (χ3n) is 3.69. The largest absolute Gasteiger partial charge is 0.493 e. The number of hydrogen-bond acceptors (Lipinski definition) is 6. The Kier molecular flexibility index (Phi) is 6.09. The molecule has 0 unspecified atom stereocenters. The van der Waals surface area contributed by atoms with Crippen molar-refractivity contribution in [2.75, 3.05) is 20.8 Å². The molecule has 2 rings (SSSR count). The third kappa shape index (κ3) is 4.07. The molecule has 1 aliphatic heterocycles. The molecule has 0 aromatic heterocycles. The summed E-state index contributed by atoms with van der Waals surface area (Å²) in [6.07, 6.45) is 0. The quantitative estimate of drug-likeness (QED) is 0.587. The minimum atomic E-state index is -1.14. The van der Waals surface area contributed by atoms with Gasteiger partial charge in [-0.2, -0.15) is 0 Å². The highest BCUT2D eigenvalue weighted by molar-refractivity contribution is 9.10. The maximum absolute atomic E-state index is 12.2. The standard InChI is InChI=1S/C16H17BrN2O7/c1-7-13(15(22)25-3)14(19-16(23)18-7)8-4-10(24-2)11(5-9(8)17)26-6-12(20)21/h4-5,13-14H,1,6H2,2-3H3,(H,20,21)(H2,18,19,23)/t13-,14+/m0/s1. The minimum Gasteiger partial charge on any atom is -0.493 e. The molecule has 3 N–H and O–H groups in total. The van der Waals surface area contributed by atoms with Gasteiger partial charge < -0.3 is 30.0 Å². The van der Waals surface area contributed by atoms with Crippen molar-refractivity contribution in [3.05, 3.63) is 34.4 Å². The first-order valence-corrected chi connectivity index (χ1v) is 8.14. The molecule has 0 spiro atoms. The summed E-state index contributed by atoms with van der Waals surface area (Å²) < 4.78 is 15.7. The Labute approximate surface area is 157 Å². The first-order valence-electron chi connectivity index (χ1n) is 7.34. The van der Waals surface area contributed by atoms with Gasteiger partial charge in [0.1, 0.15) is 5.92 Å². The van der Waals surface area contributed by atoms with Gasteiger partial charge in [-0.1, -0.05) is 22.5 Å². The number of urea groups is 1. The summed E-state index contributed by atoms with van der Waals surface area (Å²) in [6.45, 7) is 3.17. The molecule has 1 fully saturated rings. The summed E-state index contributed by atoms with van der Waals surface area (Å²) in [5.74, 6) is -2.15. The molecule has 0 aliphatic carbocycles. The van der Waals surface area contributed by atoms with E-state index in [9.17, 15) is 14.4 Å². The van der Waals surface area contributed by atoms with Gasteiger partial charge in [-0.05, 0) is 17.7 Å². The predicted molar refractivity (Wildman–Crippen MR) is 92.9 cm³/mol. The van der Waals surface area contributed by atoms with Crippen LogP contribution in [-0.2, 0) is 14.3 Å². The topological polar surface area (TPSA) is 123 Å². The molecule has 0 saturated carbocycles. The fraction of sp³-hybridized carbons (Fsp3) is 0.312. The molecule has 1 saturated heterocycles. The highest BCUT2D eigenvalue weighted by Crippen LogP contribution is 2.40. The number of methoxy groups -OCH3 is 2. The van der Waals surface area contributed by atoms with E-state index in [2.05, 4.69) is 33.1 Å². The third-order valence-corrected chi connectivity index (χ3v) is 4.38. The number of nitrogens with one attached hydrogen (secondary N) is 2. The molecular weight excluding hydrogens is 412 g/mol. The minimum absolute atomic E-state index is 0.194. The van der Waals surface area contributed by atoms with Crippen molar-refractivity contribution in [2.24, 2.45) is 5.92 Å². The first-order chi connectivity index (χ1) is 12.3. The van der Waals surface area contributed by atoms with E-state index in [1.54, 1.807) is 6.07 Å². The lowest BCUT2D eigenvalue weighted by molar-refractivity contribution is -0.145. The van der Waals surface area contributed by atoms with Crippen LogP contribution in [0.5, 0.6) is 11.5 Å². The van der Waals surface area contributed by atoms with Crippen molar-refractivity contribution in [1.29, 1.82) is 0 Å². The van der Waals surface area contributed by atoms with E-state index in [0.29, 0.717) is 10.0 Å². The summed E-state index contributed by atoms with van der Waals surface area (Å²) in [6, 6.07) is 1.75. The van der Waals surface area contributed by atoms with Gasteiger partial charge in [0.25, 0.3) is 0 Å². The zero-order valence-electron chi connectivity index (χ0n) is 14.0. The number of benzene rings is 1. The monoisotopic (exact) mass is 428 g/mol. The van der Waals surface area contributed by atoms with Crippen molar-refractivity contribution in [3.8, 4) is 11.5 Å². The summed E-state index contributed by atoms with van der Waals surface area (Å²) in [7, 11) is 2.62. The molecule has 0 bridgehead atoms. The Morgan fingerprint density at radius 1 is 1.31 bits per heavy atom. The second kappa shape index (κ2) is 8.09. The smallest absolute Gasteiger partial charge is 0.341 e. The molecule has 2 atom stereocenters. The van der Waals surface area contributed by atoms with Crippen molar-refractivity contribution in [1.82, 2.24) is 10.6 Å². The van der Waals surface area contributed by atoms with E-state index >= 15 is 0 Å². The lowest BCUT2D eigenvalue weighted by atomic mass is 9.89. The van der Waals surface area contributed by atoms with E-state index in [0.717, 1.165) is 0 Å². The number of carboxylic acids is 1. The first kappa shape index (κ1) is 19.6. The summed E-state index contributed by atoms with van der Waals surface area (Å²) >= 11 is 3.35. The number of hydrogen-bond donors (Lipinski definition) is 3. The van der Waals surface area contributed by atoms with Crippen LogP contribution in [0.4, 0.5) is 4.79 Å². The molecule has 1 heterocycles. The zero-order valence-corrected chi connectivity index (χ0v) is 15.6. The predicted octanol–water partition coefficient (Wildman–Crippen LogP) is 1.58. The van der Waals surface area contributed by atoms with Gasteiger partial charge in [-0.15, -0.1) is 0 Å². The van der Waals surface area contributed by atoms with Crippen molar-refractivity contribution < 1.29 is 33.7 Å². The highest BCUT2D eigenvalue weighted by Gasteiger charge is 2.39. The fourth-order valence-corrected chi connectivity index (χ4v) is 3.12. The fourth-order valence-electron chi connectivity index (χ4n) is 2.55. The highest BCUT2D eigenvalue weighted by atomic mass is 79.9. The number of carbonyl (C=O) groups excluding carboxylic acids is 2. The lowest BCUT2D eigenvalue weighted by Gasteiger charge is -2.33. The number of rotatable bonds is 6. The SMILES string of the molecule is C=C1NC(=O)N[C@H](c2cc(OC)c(OCC(=O)O)cc2Br)[C@H]1C(=O)OC. The van der Waals surface area contributed by atoms with Crippen LogP contribution in [0.15, 0.2) is 28.9 Å². The number of amides is 2. The van der Waals surface area contributed by atoms with Crippen LogP contribution in [0.1, 0.15) is 11.6 Å². The Morgan fingerprint density at radius 3 is 2.58 bits per heavy atom. The number of carboxylic acid groups (broad SMARTS) is 1. The van der Waals surface area contributed by atoms with Crippen LogP contribution in [0.3, 0.4) is 0 Å². The van der Waals surface area contributed by atoms with Gasteiger partial charge in [0.15, 0.2) is 18.1 Å². The van der Waals surface area contributed by atoms with Crippen LogP contribution in [0.2, 0.25) is 0 Å². The molecule has 1 aromatic rings. The maximum atomic E-state index is 12.2. The zero-order chi connectivity index (χ0) is 19.4. The second-order valence-electron chi connectivity index (χ2n) is 5.31. The van der Waals surface area contributed by atoms with Crippen LogP contribution in [0, 0.1) is 5.92 Å². The molecule has 10 heteroatoms. The van der Waals surface area contributed by atoms with Gasteiger partial charge in [0, 0.05) is 10.2 Å². The van der Waals surface area contributed by atoms with E-state index in [1.807, 2.05) is 0 Å². The van der Waals surface area contributed by atoms with E-state index in [1.165, 1.54) is 20.3 Å². The summed E-state index contributed by atoms with van der Waals surface area (Å²) in [4.78, 5) is 34.7. The van der Waals surface area contributed by atoms with Crippen molar-refractivity contribution in [3.63, 3.8) is 0 Å². The van der Waals surface area contributed by atoms with Gasteiger partial charge in [-0.3, -0.25) is 4.79 Å². The molecule has 0 radical (unpaired) electrons. The molecule has 2 amide bonds. The number of halogens is 1. The number of aliphatic carboxylic acids is 1. The summed E-state index contributed by atoms with van der Waals surface area (Å²) in [5.41, 5.74) is 0.707. The van der Waals surface area contributed by atoms with Gasteiger partial charge in [-0.25, -0.2) is 9.59 Å². The van der Waals surface area contributed by atoms with Gasteiger partial charge in [0.05, 0.1) is 20.3 Å². The van der Waals surface area contributed by atoms with E-state index < -0.39 is 36.5 Å². The van der Waals surface area contributed by atoms with Crippen LogP contribution in [0.25, 0.3) is 0 Å². The maximum Gasteiger partial charge on any atom is 0.341 e. The number of carbonyl (C=O) groups is 3. The summed E-state index contributed by atoms with van der Waals surface area (Å²) in [5, 5.41) is 13.9. The second-order valence-corrected chi connectivity index (χ2v) is 6.16. The van der Waals surface area contributed by atoms with Gasteiger partial charge in [0.2, 0.25) is 0 Å². The number of esters is 1. The normalized spacial score (nSPS) is 19.2. The van der Waals surface area contributed by atoms with Crippen LogP contribution >= 0.6 is 15.9 Å². The Bertz CT molecular complexity index is 765. The molecule has 140 valence electrons. The van der Waals surface area contributed by atoms with Crippen LogP contribution in [-0.4, -0.2) is 43.9 Å². The van der Waals surface area contributed by atoms with Crippen LogP contribution < -0.4 is 20.1 Å². The van der Waals surface area contributed by atoms with E-state index in [4.69, 9.17) is 19.3 Å². The average molecular weight is 429 g/mol. The van der Waals surface area contributed by atoms with Gasteiger partial charge >= 0.3 is 18.0 Å². The molecule has 9 nitrogen and oxygen atoms in total. The molecule has 26 heavy (non-hydrogen) atoms. The van der Waals surface area contributed by atoms with Crippen molar-refractivity contribution in [2.45, 2.75) is 6.04 Å². The molecule has 1 aliphatic rings. The van der Waals surface area contributed by atoms with Crippen molar-refractivity contribution >= 4 is 33.9 Å². The number of ether oxygens (including phenoxy) is 3. The average Bonchev–Trinajstić information content (AvgIpc) is 2.58. The Morgan fingerprint density at radius 2 is 2.00 bits per heavy atom.